The second kappa shape index (κ2) is 10.8. The first-order valence-corrected chi connectivity index (χ1v) is 16.1. The minimum Gasteiger partial charge on any atom is -0.396 e. The highest BCUT2D eigenvalue weighted by molar-refractivity contribution is 7.80. The van der Waals surface area contributed by atoms with Crippen molar-refractivity contribution in [1.82, 2.24) is 0 Å². The van der Waals surface area contributed by atoms with E-state index in [9.17, 15) is 39.1 Å². The molecule has 7 N–H and O–H groups in total. The Hall–Kier alpha value is -0.630. The van der Waals surface area contributed by atoms with Crippen molar-refractivity contribution < 1.29 is 47.8 Å². The van der Waals surface area contributed by atoms with Gasteiger partial charge in [0.25, 0.3) is 0 Å². The van der Waals surface area contributed by atoms with Gasteiger partial charge in [0.2, 0.25) is 0 Å². The summed E-state index contributed by atoms with van der Waals surface area (Å²) >= 11 is 0. The van der Waals surface area contributed by atoms with Crippen molar-refractivity contribution in [1.29, 1.82) is 0 Å². The summed E-state index contributed by atoms with van der Waals surface area (Å²) in [6.07, 6.45) is 3.86. The van der Waals surface area contributed by atoms with Crippen LogP contribution < -0.4 is 0 Å². The summed E-state index contributed by atoms with van der Waals surface area (Å²) in [5.74, 6) is -0.690. The van der Waals surface area contributed by atoms with Crippen LogP contribution in [0.5, 0.6) is 0 Å². The molecule has 13 atom stereocenters. The lowest BCUT2D eigenvalue weighted by molar-refractivity contribution is -0.268. The molecule has 0 heterocycles. The molecule has 4 saturated carbocycles. The zero-order valence-electron chi connectivity index (χ0n) is 24.4. The Balaban J connectivity index is 1.57. The highest BCUT2D eigenvalue weighted by Gasteiger charge is 2.68. The van der Waals surface area contributed by atoms with Gasteiger partial charge < -0.3 is 30.6 Å². The van der Waals surface area contributed by atoms with Crippen LogP contribution in [0, 0.1) is 46.3 Å². The lowest BCUT2D eigenvalue weighted by Gasteiger charge is -2.65. The van der Waals surface area contributed by atoms with E-state index in [-0.39, 0.29) is 41.4 Å². The lowest BCUT2D eigenvalue weighted by Crippen LogP contribution is -2.69. The molecule has 4 rings (SSSR count). The van der Waals surface area contributed by atoms with Gasteiger partial charge >= 0.3 is 10.4 Å². The van der Waals surface area contributed by atoms with Gasteiger partial charge in [0.15, 0.2) is 0 Å². The van der Waals surface area contributed by atoms with Crippen molar-refractivity contribution in [2.45, 2.75) is 109 Å². The summed E-state index contributed by atoms with van der Waals surface area (Å²) in [5.41, 5.74) is -3.23. The van der Waals surface area contributed by atoms with E-state index < -0.39 is 64.5 Å². The maximum atomic E-state index is 11.7. The van der Waals surface area contributed by atoms with Gasteiger partial charge in [0.05, 0.1) is 42.7 Å². The van der Waals surface area contributed by atoms with Crippen molar-refractivity contribution in [3.63, 3.8) is 0 Å². The average Bonchev–Trinajstić information content (AvgIpc) is 3.10. The van der Waals surface area contributed by atoms with Crippen LogP contribution in [-0.4, -0.2) is 86.3 Å². The third kappa shape index (κ3) is 5.32. The molecule has 5 unspecified atom stereocenters. The first kappa shape index (κ1) is 32.3. The molecule has 0 spiro atoms. The zero-order chi connectivity index (χ0) is 30.1. The Bertz CT molecular complexity index is 1080. The molecule has 0 bridgehead atoms. The third-order valence-electron chi connectivity index (χ3n) is 12.0. The summed E-state index contributed by atoms with van der Waals surface area (Å²) in [6, 6.07) is 0. The Kier molecular flexibility index (Phi) is 8.73. The molecule has 0 radical (unpaired) electrons. The molecule has 10 nitrogen and oxygen atoms in total. The van der Waals surface area contributed by atoms with E-state index in [1.165, 1.54) is 6.92 Å². The molecule has 0 saturated heterocycles. The predicted molar refractivity (Wildman–Crippen MR) is 147 cm³/mol. The van der Waals surface area contributed by atoms with E-state index in [0.717, 1.165) is 12.8 Å². The molecule has 0 aromatic rings. The second-order valence-corrected chi connectivity index (χ2v) is 15.4. The van der Waals surface area contributed by atoms with Gasteiger partial charge in [0.1, 0.15) is 0 Å². The van der Waals surface area contributed by atoms with Gasteiger partial charge in [-0.2, -0.15) is 8.42 Å². The predicted octanol–water partition coefficient (Wildman–Crippen LogP) is 1.82. The van der Waals surface area contributed by atoms with Gasteiger partial charge in [-0.1, -0.05) is 32.4 Å². The first-order chi connectivity index (χ1) is 18.3. The van der Waals surface area contributed by atoms with E-state index in [2.05, 4.69) is 25.0 Å². The molecule has 4 aliphatic carbocycles. The van der Waals surface area contributed by atoms with Gasteiger partial charge in [-0.25, -0.2) is 4.18 Å². The number of fused-ring (bicyclic) bond motifs is 5. The molecule has 0 aromatic carbocycles. The first-order valence-electron chi connectivity index (χ1n) is 14.7. The van der Waals surface area contributed by atoms with Crippen LogP contribution in [0.15, 0.2) is 11.6 Å². The lowest BCUT2D eigenvalue weighted by atomic mass is 9.42. The Morgan fingerprint density at radius 1 is 1.15 bits per heavy atom. The van der Waals surface area contributed by atoms with E-state index in [0.29, 0.717) is 31.3 Å². The summed E-state index contributed by atoms with van der Waals surface area (Å²) in [6.45, 7) is 8.26. The third-order valence-corrected chi connectivity index (χ3v) is 12.4. The maximum Gasteiger partial charge on any atom is 0.397 e. The summed E-state index contributed by atoms with van der Waals surface area (Å²) in [7, 11) is -4.76. The van der Waals surface area contributed by atoms with E-state index in [4.69, 9.17) is 4.55 Å². The van der Waals surface area contributed by atoms with Crippen LogP contribution in [0.1, 0.15) is 79.6 Å². The molecular formula is C29H50O10S. The molecule has 4 fully saturated rings. The molecular weight excluding hydrogens is 540 g/mol. The van der Waals surface area contributed by atoms with E-state index in [1.54, 1.807) is 6.92 Å². The van der Waals surface area contributed by atoms with Crippen molar-refractivity contribution >= 4 is 10.4 Å². The van der Waals surface area contributed by atoms with Crippen molar-refractivity contribution in [2.24, 2.45) is 46.3 Å². The van der Waals surface area contributed by atoms with Gasteiger partial charge in [-0.05, 0) is 87.4 Å². The summed E-state index contributed by atoms with van der Waals surface area (Å²) < 4.78 is 35.4. The average molecular weight is 591 g/mol. The molecule has 232 valence electrons. The monoisotopic (exact) mass is 590 g/mol. The molecule has 11 heteroatoms. The van der Waals surface area contributed by atoms with Crippen molar-refractivity contribution in [2.75, 3.05) is 13.2 Å². The number of aliphatic hydroxyl groups excluding tert-OH is 4. The molecule has 0 aliphatic heterocycles. The minimum absolute atomic E-state index is 0.0371. The van der Waals surface area contributed by atoms with E-state index >= 15 is 0 Å². The Morgan fingerprint density at radius 3 is 2.40 bits per heavy atom. The largest absolute Gasteiger partial charge is 0.397 e. The number of hydrogen-bond donors (Lipinski definition) is 7. The zero-order valence-corrected chi connectivity index (χ0v) is 25.2. The normalized spacial score (nSPS) is 47.0. The smallest absolute Gasteiger partial charge is 0.396 e. The van der Waals surface area contributed by atoms with Crippen LogP contribution in [-0.2, 0) is 14.6 Å². The van der Waals surface area contributed by atoms with Crippen molar-refractivity contribution in [3.05, 3.63) is 11.6 Å². The number of allylic oxidation sites excluding steroid dienone is 1. The number of aliphatic hydroxyl groups is 6. The van der Waals surface area contributed by atoms with Crippen molar-refractivity contribution in [3.8, 4) is 0 Å². The number of hydrogen-bond acceptors (Lipinski definition) is 9. The Labute approximate surface area is 238 Å². The van der Waals surface area contributed by atoms with Gasteiger partial charge in [-0.3, -0.25) is 4.55 Å². The van der Waals surface area contributed by atoms with Crippen LogP contribution >= 0.6 is 0 Å². The quantitative estimate of drug-likeness (QED) is 0.162. The molecule has 40 heavy (non-hydrogen) atoms. The second-order valence-electron chi connectivity index (χ2n) is 14.3. The highest BCUT2D eigenvalue weighted by atomic mass is 32.3. The maximum absolute atomic E-state index is 11.7. The Morgan fingerprint density at radius 2 is 1.80 bits per heavy atom. The highest BCUT2D eigenvalue weighted by Crippen LogP contribution is 2.69. The summed E-state index contributed by atoms with van der Waals surface area (Å²) in [4.78, 5) is 0. The van der Waals surface area contributed by atoms with Crippen LogP contribution in [0.25, 0.3) is 0 Å². The minimum atomic E-state index is -4.76. The molecule has 4 aliphatic rings. The fourth-order valence-corrected chi connectivity index (χ4v) is 10.4. The number of rotatable bonds is 8. The topological polar surface area (TPSA) is 185 Å². The molecule has 0 aromatic heterocycles. The van der Waals surface area contributed by atoms with E-state index in [1.807, 2.05) is 6.08 Å². The fraction of sp³-hybridized carbons (Fsp3) is 0.931. The fourth-order valence-electron chi connectivity index (χ4n) is 9.96. The van der Waals surface area contributed by atoms with Crippen LogP contribution in [0.4, 0.5) is 0 Å². The summed E-state index contributed by atoms with van der Waals surface area (Å²) in [5, 5.41) is 65.7. The van der Waals surface area contributed by atoms with Crippen LogP contribution in [0.3, 0.4) is 0 Å². The van der Waals surface area contributed by atoms with Gasteiger partial charge in [-0.15, -0.1) is 0 Å². The van der Waals surface area contributed by atoms with Crippen LogP contribution in [0.2, 0.25) is 0 Å². The molecule has 0 amide bonds. The van der Waals surface area contributed by atoms with Gasteiger partial charge in [0, 0.05) is 17.8 Å². The standard InChI is InChI=1S/C29H50O10S/c1-16(10-17(2)22(14-30)28(5,34)15-39-40(36,37)38)21-12-23(32)25-19-11-24(33)29(35)13-18(31)6-9-27(29,4)20(19)7-8-26(21,25)3/h10,16,18-25,30-35H,6-9,11-15H2,1-5H3,(H,36,37,38)/b17-10+/t16-,18?,19-,20?,21-,22-,23+,24?,25-,26-,27?,28-,29?/m1/s1. The SMILES string of the molecule is C/C(=C\[C@@H](C)[C@H]1C[C@H](O)[C@H]2[C@@H]3CC(O)C4(O)CC(O)CCC4(C)C3CC[C@@]21C)[C@@H](CO)[C@](C)(O)COS(=O)(=O)O.